The maximum atomic E-state index is 10.3. The van der Waals surface area contributed by atoms with Crippen LogP contribution in [0.4, 0.5) is 0 Å². The molecule has 0 radical (unpaired) electrons. The molecule has 0 bridgehead atoms. The molecule has 1 aliphatic heterocycles. The first-order chi connectivity index (χ1) is 13.4. The lowest BCUT2D eigenvalue weighted by Gasteiger charge is -2.35. The first-order valence-electron chi connectivity index (χ1n) is 9.83. The largest absolute Gasteiger partial charge is 0.496 e. The second kappa shape index (κ2) is 9.21. The summed E-state index contributed by atoms with van der Waals surface area (Å²) in [5, 5.41) is 20.4. The summed E-state index contributed by atoms with van der Waals surface area (Å²) in [7, 11) is 1.69. The number of aryl methyl sites for hydroxylation is 1. The van der Waals surface area contributed by atoms with E-state index in [0.717, 1.165) is 23.5 Å². The van der Waals surface area contributed by atoms with Gasteiger partial charge in [-0.2, -0.15) is 0 Å². The highest BCUT2D eigenvalue weighted by molar-refractivity contribution is 8.00. The quantitative estimate of drug-likeness (QED) is 0.755. The Labute approximate surface area is 171 Å². The Morgan fingerprint density at radius 2 is 1.86 bits per heavy atom. The smallest absolute Gasteiger partial charge is 0.123 e. The van der Waals surface area contributed by atoms with Gasteiger partial charge in [0.05, 0.1) is 25.9 Å². The Kier molecular flexibility index (Phi) is 6.91. The number of rotatable bonds is 6. The predicted octanol–water partition coefficient (Wildman–Crippen LogP) is 4.28. The Balaban J connectivity index is 1.87. The third-order valence-corrected chi connectivity index (χ3v) is 6.86. The van der Waals surface area contributed by atoms with Gasteiger partial charge in [-0.15, -0.1) is 11.8 Å². The summed E-state index contributed by atoms with van der Waals surface area (Å²) in [5.41, 5.74) is 4.75. The first-order valence-corrected chi connectivity index (χ1v) is 10.8. The number of ether oxygens (including phenoxy) is 2. The third kappa shape index (κ3) is 4.65. The molecule has 1 saturated heterocycles. The fraction of sp³-hybridized carbons (Fsp3) is 0.478. The fourth-order valence-electron chi connectivity index (χ4n) is 3.72. The molecule has 1 fully saturated rings. The van der Waals surface area contributed by atoms with Gasteiger partial charge in [-0.3, -0.25) is 0 Å². The van der Waals surface area contributed by atoms with E-state index in [1.165, 1.54) is 16.7 Å². The Morgan fingerprint density at radius 3 is 2.46 bits per heavy atom. The van der Waals surface area contributed by atoms with E-state index in [-0.39, 0.29) is 10.5 Å². The fourth-order valence-corrected chi connectivity index (χ4v) is 5.22. The van der Waals surface area contributed by atoms with Crippen molar-refractivity contribution in [2.75, 3.05) is 13.7 Å². The molecule has 0 amide bonds. The van der Waals surface area contributed by atoms with E-state index in [9.17, 15) is 10.2 Å². The molecule has 4 atom stereocenters. The lowest BCUT2D eigenvalue weighted by atomic mass is 9.93. The van der Waals surface area contributed by atoms with Gasteiger partial charge in [-0.25, -0.2) is 0 Å². The van der Waals surface area contributed by atoms with Crippen LogP contribution < -0.4 is 9.47 Å². The molecule has 0 aliphatic carbocycles. The number of hydrogen-bond donors (Lipinski definition) is 2. The van der Waals surface area contributed by atoms with Crippen molar-refractivity contribution in [2.24, 2.45) is 0 Å². The van der Waals surface area contributed by atoms with E-state index in [2.05, 4.69) is 31.2 Å². The van der Waals surface area contributed by atoms with Crippen LogP contribution in [0.3, 0.4) is 0 Å². The van der Waals surface area contributed by atoms with Crippen LogP contribution in [0.25, 0.3) is 0 Å². The number of benzene rings is 2. The lowest BCUT2D eigenvalue weighted by Crippen LogP contribution is -2.39. The molecule has 0 saturated carbocycles. The van der Waals surface area contributed by atoms with Crippen molar-refractivity contribution in [1.82, 2.24) is 0 Å². The van der Waals surface area contributed by atoms with Gasteiger partial charge in [0.15, 0.2) is 0 Å². The molecule has 3 rings (SSSR count). The van der Waals surface area contributed by atoms with Crippen molar-refractivity contribution in [2.45, 2.75) is 56.3 Å². The Morgan fingerprint density at radius 1 is 1.14 bits per heavy atom. The molecule has 0 aromatic heterocycles. The summed E-state index contributed by atoms with van der Waals surface area (Å²) in [6, 6.07) is 12.5. The second-order valence-corrected chi connectivity index (χ2v) is 8.98. The maximum Gasteiger partial charge on any atom is 0.123 e. The number of aliphatic hydroxyl groups is 2. The molecule has 4 nitrogen and oxygen atoms in total. The second-order valence-electron chi connectivity index (χ2n) is 7.40. The molecule has 2 aromatic carbocycles. The monoisotopic (exact) mass is 402 g/mol. The van der Waals surface area contributed by atoms with E-state index in [1.807, 2.05) is 26.0 Å². The molecule has 2 aromatic rings. The van der Waals surface area contributed by atoms with E-state index in [0.29, 0.717) is 13.0 Å². The van der Waals surface area contributed by atoms with Gasteiger partial charge in [0.2, 0.25) is 0 Å². The topological polar surface area (TPSA) is 58.9 Å². The van der Waals surface area contributed by atoms with Crippen LogP contribution >= 0.6 is 11.8 Å². The number of thioether (sulfide) groups is 1. The molecule has 0 spiro atoms. The lowest BCUT2D eigenvalue weighted by molar-refractivity contribution is 0.0108. The van der Waals surface area contributed by atoms with Crippen molar-refractivity contribution >= 4 is 11.8 Å². The van der Waals surface area contributed by atoms with Crippen molar-refractivity contribution < 1.29 is 19.7 Å². The van der Waals surface area contributed by atoms with Gasteiger partial charge >= 0.3 is 0 Å². The highest BCUT2D eigenvalue weighted by Crippen LogP contribution is 2.46. The van der Waals surface area contributed by atoms with E-state index in [1.54, 1.807) is 18.9 Å². The summed E-state index contributed by atoms with van der Waals surface area (Å²) in [6.07, 6.45) is -0.0336. The van der Waals surface area contributed by atoms with Gasteiger partial charge in [0.1, 0.15) is 11.5 Å². The van der Waals surface area contributed by atoms with Crippen molar-refractivity contribution in [1.29, 1.82) is 0 Å². The summed E-state index contributed by atoms with van der Waals surface area (Å²) in [6.45, 7) is 6.71. The van der Waals surface area contributed by atoms with Crippen LogP contribution in [0.1, 0.15) is 47.8 Å². The van der Waals surface area contributed by atoms with Gasteiger partial charge in [-0.1, -0.05) is 25.1 Å². The molecule has 4 unspecified atom stereocenters. The SMILES string of the molecule is CCOc1ccc(Cc2cc(C3CC(O)C(O)C(C)S3)c(OC)cc2C)cc1. The summed E-state index contributed by atoms with van der Waals surface area (Å²) < 4.78 is 11.2. The first kappa shape index (κ1) is 21.0. The average molecular weight is 403 g/mol. The molecular weight excluding hydrogens is 372 g/mol. The number of aliphatic hydroxyl groups excluding tert-OH is 2. The van der Waals surface area contributed by atoms with Crippen molar-refractivity contribution in [3.8, 4) is 11.5 Å². The van der Waals surface area contributed by atoms with E-state index in [4.69, 9.17) is 9.47 Å². The van der Waals surface area contributed by atoms with Gasteiger partial charge in [-0.05, 0) is 61.6 Å². The van der Waals surface area contributed by atoms with Crippen molar-refractivity contribution in [3.63, 3.8) is 0 Å². The third-order valence-electron chi connectivity index (χ3n) is 5.37. The highest BCUT2D eigenvalue weighted by Gasteiger charge is 2.35. The summed E-state index contributed by atoms with van der Waals surface area (Å²) in [5.74, 6) is 1.74. The minimum Gasteiger partial charge on any atom is -0.496 e. The van der Waals surface area contributed by atoms with Gasteiger partial charge in [0.25, 0.3) is 0 Å². The number of hydrogen-bond acceptors (Lipinski definition) is 5. The Bertz CT molecular complexity index is 778. The van der Waals surface area contributed by atoms with Gasteiger partial charge < -0.3 is 19.7 Å². The van der Waals surface area contributed by atoms with Crippen LogP contribution in [0.2, 0.25) is 0 Å². The van der Waals surface area contributed by atoms with E-state index < -0.39 is 12.2 Å². The van der Waals surface area contributed by atoms with Crippen LogP contribution in [0.15, 0.2) is 36.4 Å². The molecule has 152 valence electrons. The minimum absolute atomic E-state index is 0.0191. The maximum absolute atomic E-state index is 10.3. The highest BCUT2D eigenvalue weighted by atomic mass is 32.2. The van der Waals surface area contributed by atoms with Crippen LogP contribution in [0, 0.1) is 6.92 Å². The molecule has 1 aliphatic rings. The molecule has 28 heavy (non-hydrogen) atoms. The van der Waals surface area contributed by atoms with Crippen LogP contribution in [-0.4, -0.2) is 41.4 Å². The Hall–Kier alpha value is -1.69. The molecule has 5 heteroatoms. The normalized spacial score (nSPS) is 24.8. The van der Waals surface area contributed by atoms with Gasteiger partial charge in [0, 0.05) is 16.1 Å². The van der Waals surface area contributed by atoms with E-state index >= 15 is 0 Å². The zero-order valence-electron chi connectivity index (χ0n) is 17.0. The predicted molar refractivity (Wildman–Crippen MR) is 115 cm³/mol. The average Bonchev–Trinajstić information content (AvgIpc) is 2.68. The molecule has 1 heterocycles. The zero-order valence-corrected chi connectivity index (χ0v) is 17.8. The zero-order chi connectivity index (χ0) is 20.3. The van der Waals surface area contributed by atoms with Crippen molar-refractivity contribution in [3.05, 3.63) is 58.7 Å². The summed E-state index contributed by atoms with van der Waals surface area (Å²) >= 11 is 1.70. The van der Waals surface area contributed by atoms with Crippen LogP contribution in [0.5, 0.6) is 11.5 Å². The molecular formula is C23H30O4S. The standard InChI is InChI=1S/C23H30O4S/c1-5-27-18-8-6-16(7-9-18)11-17-12-19(21(26-4)10-14(17)2)22-13-20(24)23(25)15(3)28-22/h6-10,12,15,20,22-25H,5,11,13H2,1-4H3. The molecule has 2 N–H and O–H groups in total. The summed E-state index contributed by atoms with van der Waals surface area (Å²) in [4.78, 5) is 0. The number of methoxy groups -OCH3 is 1. The minimum atomic E-state index is -0.707. The van der Waals surface area contributed by atoms with Crippen LogP contribution in [-0.2, 0) is 6.42 Å².